The molecule has 1 aromatic carbocycles. The molecule has 5 heteroatoms. The minimum absolute atomic E-state index is 0.0488. The van der Waals surface area contributed by atoms with Crippen molar-refractivity contribution in [2.75, 3.05) is 0 Å². The maximum atomic E-state index is 12.9. The highest BCUT2D eigenvalue weighted by molar-refractivity contribution is 7.07. The quantitative estimate of drug-likeness (QED) is 0.901. The molecular weight excluding hydrogens is 251 g/mol. The summed E-state index contributed by atoms with van der Waals surface area (Å²) in [7, 11) is 0. The van der Waals surface area contributed by atoms with Gasteiger partial charge in [0, 0.05) is 11.8 Å². The van der Waals surface area contributed by atoms with Gasteiger partial charge in [0.05, 0.1) is 17.7 Å². The maximum absolute atomic E-state index is 12.9. The summed E-state index contributed by atoms with van der Waals surface area (Å²) in [5.41, 5.74) is 3.42. The number of thiazole rings is 1. The van der Waals surface area contributed by atoms with Crippen molar-refractivity contribution in [3.63, 3.8) is 0 Å². The molecule has 1 heterocycles. The minimum atomic E-state index is -0.268. The first kappa shape index (κ1) is 12.7. The summed E-state index contributed by atoms with van der Waals surface area (Å²) in [6.07, 6.45) is 0.897. The molecule has 0 unspecified atom stereocenters. The number of carbonyl (C=O) groups is 1. The Kier molecular flexibility index (Phi) is 4.41. The molecule has 0 fully saturated rings. The van der Waals surface area contributed by atoms with E-state index < -0.39 is 0 Å². The van der Waals surface area contributed by atoms with E-state index in [0.717, 1.165) is 11.3 Å². The molecule has 2 rings (SSSR count). The van der Waals surface area contributed by atoms with Crippen molar-refractivity contribution in [1.82, 2.24) is 10.3 Å². The second-order valence-corrected chi connectivity index (χ2v) is 4.61. The largest absolute Gasteiger partial charge is 0.350 e. The van der Waals surface area contributed by atoms with E-state index in [1.54, 1.807) is 11.6 Å². The molecule has 0 bridgehead atoms. The van der Waals surface area contributed by atoms with Crippen molar-refractivity contribution in [3.8, 4) is 0 Å². The number of nitrogens with zero attached hydrogens (tertiary/aromatic N) is 1. The van der Waals surface area contributed by atoms with Crippen LogP contribution in [0.5, 0.6) is 0 Å². The average molecular weight is 264 g/mol. The Morgan fingerprint density at radius 1 is 1.44 bits per heavy atom. The van der Waals surface area contributed by atoms with Crippen LogP contribution in [0.3, 0.4) is 0 Å². The number of nitrogens with one attached hydrogen (secondary N) is 1. The van der Waals surface area contributed by atoms with Crippen LogP contribution in [-0.2, 0) is 17.8 Å². The predicted octanol–water partition coefficient (Wildman–Crippen LogP) is 2.53. The molecular formula is C13H13FN2OS. The van der Waals surface area contributed by atoms with Crippen molar-refractivity contribution in [1.29, 1.82) is 0 Å². The third-order valence-electron chi connectivity index (χ3n) is 2.48. The van der Waals surface area contributed by atoms with E-state index in [2.05, 4.69) is 10.3 Å². The molecule has 1 amide bonds. The number of aromatic nitrogens is 1. The highest BCUT2D eigenvalue weighted by atomic mass is 32.1. The lowest BCUT2D eigenvalue weighted by Gasteiger charge is -2.03. The molecule has 3 nitrogen and oxygen atoms in total. The molecule has 0 saturated heterocycles. The second kappa shape index (κ2) is 6.26. The molecule has 0 aliphatic rings. The van der Waals surface area contributed by atoms with E-state index >= 15 is 0 Å². The number of aryl methyl sites for hydroxylation is 1. The van der Waals surface area contributed by atoms with Crippen LogP contribution in [0.1, 0.15) is 17.7 Å². The van der Waals surface area contributed by atoms with Gasteiger partial charge in [0.15, 0.2) is 0 Å². The zero-order chi connectivity index (χ0) is 12.8. The van der Waals surface area contributed by atoms with Gasteiger partial charge in [0.1, 0.15) is 5.82 Å². The first-order valence-corrected chi connectivity index (χ1v) is 6.56. The van der Waals surface area contributed by atoms with Crippen molar-refractivity contribution in [2.45, 2.75) is 19.4 Å². The topological polar surface area (TPSA) is 42.0 Å². The zero-order valence-electron chi connectivity index (χ0n) is 9.73. The Morgan fingerprint density at radius 3 is 3.06 bits per heavy atom. The molecule has 0 saturated carbocycles. The van der Waals surface area contributed by atoms with Gasteiger partial charge in [0.25, 0.3) is 0 Å². The predicted molar refractivity (Wildman–Crippen MR) is 68.7 cm³/mol. The van der Waals surface area contributed by atoms with Crippen LogP contribution in [0.15, 0.2) is 35.2 Å². The van der Waals surface area contributed by atoms with Gasteiger partial charge < -0.3 is 5.32 Å². The normalized spacial score (nSPS) is 10.3. The van der Waals surface area contributed by atoms with E-state index in [1.165, 1.54) is 23.5 Å². The molecule has 0 radical (unpaired) electrons. The number of carbonyl (C=O) groups excluding carboxylic acids is 1. The van der Waals surface area contributed by atoms with E-state index in [1.807, 2.05) is 11.4 Å². The molecule has 0 aliphatic carbocycles. The molecule has 94 valence electrons. The number of hydrogen-bond acceptors (Lipinski definition) is 3. The summed E-state index contributed by atoms with van der Waals surface area (Å²) in [6.45, 7) is 0.450. The number of halogens is 1. The monoisotopic (exact) mass is 264 g/mol. The number of hydrogen-bond donors (Lipinski definition) is 1. The van der Waals surface area contributed by atoms with Crippen molar-refractivity contribution >= 4 is 17.2 Å². The Morgan fingerprint density at radius 2 is 2.33 bits per heavy atom. The molecule has 1 N–H and O–H groups in total. The van der Waals surface area contributed by atoms with Gasteiger partial charge >= 0.3 is 0 Å². The van der Waals surface area contributed by atoms with Crippen LogP contribution in [0.25, 0.3) is 0 Å². The summed E-state index contributed by atoms with van der Waals surface area (Å²) in [4.78, 5) is 15.6. The van der Waals surface area contributed by atoms with Gasteiger partial charge in [-0.05, 0) is 24.1 Å². The van der Waals surface area contributed by atoms with Gasteiger partial charge in [-0.15, -0.1) is 11.3 Å². The lowest BCUT2D eigenvalue weighted by molar-refractivity contribution is -0.121. The van der Waals surface area contributed by atoms with E-state index in [0.29, 0.717) is 19.4 Å². The Bertz CT molecular complexity index is 513. The highest BCUT2D eigenvalue weighted by Gasteiger charge is 2.03. The van der Waals surface area contributed by atoms with E-state index in [4.69, 9.17) is 0 Å². The fraction of sp³-hybridized carbons (Fsp3) is 0.231. The van der Waals surface area contributed by atoms with E-state index in [9.17, 15) is 9.18 Å². The number of rotatable bonds is 5. The van der Waals surface area contributed by atoms with Gasteiger partial charge in [0.2, 0.25) is 5.91 Å². The standard InChI is InChI=1S/C13H13FN2OS/c14-11-3-1-2-10(6-11)4-5-13(17)15-7-12-8-18-9-16-12/h1-3,6,8-9H,4-5,7H2,(H,15,17). The molecule has 0 spiro atoms. The van der Waals surface area contributed by atoms with Crippen LogP contribution < -0.4 is 5.32 Å². The average Bonchev–Trinajstić information content (AvgIpc) is 2.87. The van der Waals surface area contributed by atoms with Gasteiger partial charge in [-0.25, -0.2) is 9.37 Å². The van der Waals surface area contributed by atoms with Crippen LogP contribution in [-0.4, -0.2) is 10.9 Å². The third-order valence-corrected chi connectivity index (χ3v) is 3.12. The first-order valence-electron chi connectivity index (χ1n) is 5.62. The molecule has 0 atom stereocenters. The Hall–Kier alpha value is -1.75. The smallest absolute Gasteiger partial charge is 0.220 e. The van der Waals surface area contributed by atoms with Crippen LogP contribution in [0.4, 0.5) is 4.39 Å². The maximum Gasteiger partial charge on any atom is 0.220 e. The molecule has 1 aromatic heterocycles. The lowest BCUT2D eigenvalue weighted by Crippen LogP contribution is -2.23. The zero-order valence-corrected chi connectivity index (χ0v) is 10.5. The van der Waals surface area contributed by atoms with Crippen molar-refractivity contribution in [2.24, 2.45) is 0 Å². The summed E-state index contributed by atoms with van der Waals surface area (Å²) >= 11 is 1.50. The Labute approximate surface area is 109 Å². The summed E-state index contributed by atoms with van der Waals surface area (Å²) < 4.78 is 12.9. The second-order valence-electron chi connectivity index (χ2n) is 3.89. The van der Waals surface area contributed by atoms with Crippen LogP contribution in [0, 0.1) is 5.82 Å². The summed E-state index contributed by atoms with van der Waals surface area (Å²) in [5, 5.41) is 4.68. The van der Waals surface area contributed by atoms with Gasteiger partial charge in [-0.1, -0.05) is 12.1 Å². The summed E-state index contributed by atoms with van der Waals surface area (Å²) in [5.74, 6) is -0.317. The van der Waals surface area contributed by atoms with Crippen molar-refractivity contribution in [3.05, 3.63) is 52.2 Å². The summed E-state index contributed by atoms with van der Waals surface area (Å²) in [6, 6.07) is 6.31. The van der Waals surface area contributed by atoms with Crippen molar-refractivity contribution < 1.29 is 9.18 Å². The van der Waals surface area contributed by atoms with Crippen LogP contribution >= 0.6 is 11.3 Å². The fourth-order valence-electron chi connectivity index (χ4n) is 1.55. The molecule has 18 heavy (non-hydrogen) atoms. The molecule has 2 aromatic rings. The number of amides is 1. The fourth-order valence-corrected chi connectivity index (χ4v) is 2.11. The minimum Gasteiger partial charge on any atom is -0.350 e. The van der Waals surface area contributed by atoms with E-state index in [-0.39, 0.29) is 11.7 Å². The number of benzene rings is 1. The lowest BCUT2D eigenvalue weighted by atomic mass is 10.1. The first-order chi connectivity index (χ1) is 8.74. The van der Waals surface area contributed by atoms with Crippen LogP contribution in [0.2, 0.25) is 0 Å². The SMILES string of the molecule is O=C(CCc1cccc(F)c1)NCc1cscn1. The molecule has 0 aliphatic heterocycles. The highest BCUT2D eigenvalue weighted by Crippen LogP contribution is 2.06. The van der Waals surface area contributed by atoms with Gasteiger partial charge in [-0.3, -0.25) is 4.79 Å². The Balaban J connectivity index is 1.75. The third kappa shape index (κ3) is 3.92. The van der Waals surface area contributed by atoms with Gasteiger partial charge in [-0.2, -0.15) is 0 Å².